The quantitative estimate of drug-likeness (QED) is 0.797. The van der Waals surface area contributed by atoms with Crippen molar-refractivity contribution in [2.75, 3.05) is 13.1 Å². The summed E-state index contributed by atoms with van der Waals surface area (Å²) in [4.78, 5) is 4.44. The molecule has 0 radical (unpaired) electrons. The van der Waals surface area contributed by atoms with Crippen molar-refractivity contribution >= 4 is 10.9 Å². The molecule has 126 valence electrons. The molecule has 1 aliphatic rings. The van der Waals surface area contributed by atoms with Crippen LogP contribution in [0.5, 0.6) is 0 Å². The number of nitrogens with one attached hydrogen (secondary N) is 1. The van der Waals surface area contributed by atoms with Gasteiger partial charge in [0.25, 0.3) is 5.95 Å². The number of benzene rings is 1. The van der Waals surface area contributed by atoms with Gasteiger partial charge in [-0.2, -0.15) is 14.8 Å². The Morgan fingerprint density at radius 1 is 1.42 bits per heavy atom. The van der Waals surface area contributed by atoms with Crippen LogP contribution in [0.4, 0.5) is 4.39 Å². The second kappa shape index (κ2) is 5.98. The Kier molecular flexibility index (Phi) is 3.80. The number of nitrogens with zero attached hydrogens (tertiary/aromatic N) is 4. The smallest absolute Gasteiger partial charge is 0.291 e. The molecule has 1 fully saturated rings. The standard InChI is InChI=1S/C17H20FN5O/c1-10(2)15-12-4-3-5-13(18)16(12)23(21-15)17-20-14(24-22-17)8-11-6-7-19-9-11/h3-5,10-11,19H,6-9H2,1-2H3/t11-/m1/s1. The van der Waals surface area contributed by atoms with E-state index >= 15 is 0 Å². The maximum Gasteiger partial charge on any atom is 0.291 e. The van der Waals surface area contributed by atoms with Crippen molar-refractivity contribution in [3.05, 3.63) is 35.6 Å². The zero-order valence-corrected chi connectivity index (χ0v) is 13.8. The van der Waals surface area contributed by atoms with E-state index in [1.807, 2.05) is 19.9 Å². The van der Waals surface area contributed by atoms with Gasteiger partial charge < -0.3 is 9.84 Å². The third-order valence-electron chi connectivity index (χ3n) is 4.50. The fourth-order valence-electron chi connectivity index (χ4n) is 3.27. The van der Waals surface area contributed by atoms with Crippen molar-refractivity contribution in [1.29, 1.82) is 0 Å². The van der Waals surface area contributed by atoms with E-state index in [9.17, 15) is 4.39 Å². The van der Waals surface area contributed by atoms with E-state index in [0.717, 1.165) is 37.0 Å². The van der Waals surface area contributed by atoms with E-state index in [4.69, 9.17) is 4.52 Å². The number of para-hydroxylation sites is 1. The average molecular weight is 329 g/mol. The van der Waals surface area contributed by atoms with Gasteiger partial charge in [-0.3, -0.25) is 0 Å². The zero-order chi connectivity index (χ0) is 16.7. The second-order valence-corrected chi connectivity index (χ2v) is 6.64. The Morgan fingerprint density at radius 2 is 2.29 bits per heavy atom. The molecule has 0 unspecified atom stereocenters. The first-order valence-electron chi connectivity index (χ1n) is 8.34. The van der Waals surface area contributed by atoms with Crippen LogP contribution in [0.15, 0.2) is 22.7 Å². The Morgan fingerprint density at radius 3 is 3.04 bits per heavy atom. The third-order valence-corrected chi connectivity index (χ3v) is 4.50. The summed E-state index contributed by atoms with van der Waals surface area (Å²) in [6, 6.07) is 5.00. The molecule has 24 heavy (non-hydrogen) atoms. The zero-order valence-electron chi connectivity index (χ0n) is 13.8. The first-order valence-corrected chi connectivity index (χ1v) is 8.34. The molecule has 1 aliphatic heterocycles. The van der Waals surface area contributed by atoms with Crippen LogP contribution in [-0.2, 0) is 6.42 Å². The summed E-state index contributed by atoms with van der Waals surface area (Å²) in [6.45, 7) is 6.06. The van der Waals surface area contributed by atoms with Crippen molar-refractivity contribution in [3.8, 4) is 5.95 Å². The third kappa shape index (κ3) is 2.58. The fraction of sp³-hybridized carbons (Fsp3) is 0.471. The number of aromatic nitrogens is 4. The van der Waals surface area contributed by atoms with Gasteiger partial charge >= 0.3 is 0 Å². The van der Waals surface area contributed by atoms with Crippen LogP contribution in [0.25, 0.3) is 16.9 Å². The molecule has 1 aromatic carbocycles. The highest BCUT2D eigenvalue weighted by atomic mass is 19.1. The van der Waals surface area contributed by atoms with Crippen molar-refractivity contribution in [3.63, 3.8) is 0 Å². The number of rotatable bonds is 4. The van der Waals surface area contributed by atoms with E-state index < -0.39 is 0 Å². The molecule has 1 N–H and O–H groups in total. The lowest BCUT2D eigenvalue weighted by Crippen LogP contribution is -2.11. The van der Waals surface area contributed by atoms with Gasteiger partial charge in [0.05, 0.1) is 5.69 Å². The van der Waals surface area contributed by atoms with E-state index in [2.05, 4.69) is 20.6 Å². The van der Waals surface area contributed by atoms with Crippen molar-refractivity contribution in [2.45, 2.75) is 32.6 Å². The SMILES string of the molecule is CC(C)c1nn(-c2noc(C[C@H]3CCNC3)n2)c2c(F)cccc12. The molecule has 2 aromatic heterocycles. The summed E-state index contributed by atoms with van der Waals surface area (Å²) in [5.74, 6) is 1.21. The highest BCUT2D eigenvalue weighted by Gasteiger charge is 2.22. The van der Waals surface area contributed by atoms with Gasteiger partial charge in [-0.25, -0.2) is 4.39 Å². The van der Waals surface area contributed by atoms with Gasteiger partial charge in [0, 0.05) is 11.8 Å². The number of hydrogen-bond donors (Lipinski definition) is 1. The molecule has 7 heteroatoms. The van der Waals surface area contributed by atoms with Gasteiger partial charge in [0.15, 0.2) is 0 Å². The van der Waals surface area contributed by atoms with Crippen LogP contribution < -0.4 is 5.32 Å². The van der Waals surface area contributed by atoms with E-state index in [0.29, 0.717) is 17.3 Å². The Hall–Kier alpha value is -2.28. The minimum atomic E-state index is -0.335. The van der Waals surface area contributed by atoms with E-state index in [1.165, 1.54) is 10.7 Å². The van der Waals surface area contributed by atoms with Crippen molar-refractivity contribution in [2.24, 2.45) is 5.92 Å². The predicted molar refractivity (Wildman–Crippen MR) is 87.7 cm³/mol. The van der Waals surface area contributed by atoms with Crippen molar-refractivity contribution in [1.82, 2.24) is 25.2 Å². The van der Waals surface area contributed by atoms with Crippen LogP contribution >= 0.6 is 0 Å². The number of halogens is 1. The first kappa shape index (κ1) is 15.3. The Balaban J connectivity index is 1.75. The van der Waals surface area contributed by atoms with Crippen LogP contribution in [0.1, 0.15) is 37.8 Å². The van der Waals surface area contributed by atoms with Gasteiger partial charge in [-0.05, 0) is 42.6 Å². The summed E-state index contributed by atoms with van der Waals surface area (Å²) in [7, 11) is 0. The molecule has 0 spiro atoms. The maximum absolute atomic E-state index is 14.4. The lowest BCUT2D eigenvalue weighted by molar-refractivity contribution is 0.355. The highest BCUT2D eigenvalue weighted by molar-refractivity contribution is 5.84. The minimum absolute atomic E-state index is 0.173. The average Bonchev–Trinajstić information content (AvgIpc) is 3.26. The maximum atomic E-state index is 14.4. The van der Waals surface area contributed by atoms with E-state index in [-0.39, 0.29) is 17.7 Å². The summed E-state index contributed by atoms with van der Waals surface area (Å²) in [5, 5.41) is 12.7. The summed E-state index contributed by atoms with van der Waals surface area (Å²) in [6.07, 6.45) is 1.84. The van der Waals surface area contributed by atoms with Crippen LogP contribution in [0, 0.1) is 11.7 Å². The lowest BCUT2D eigenvalue weighted by atomic mass is 10.1. The van der Waals surface area contributed by atoms with Crippen LogP contribution in [0.2, 0.25) is 0 Å². The molecule has 0 amide bonds. The molecule has 0 bridgehead atoms. The second-order valence-electron chi connectivity index (χ2n) is 6.64. The molecule has 1 atom stereocenters. The highest BCUT2D eigenvalue weighted by Crippen LogP contribution is 2.28. The Labute approximate surface area is 139 Å². The van der Waals surface area contributed by atoms with Gasteiger partial charge in [0.1, 0.15) is 11.3 Å². The lowest BCUT2D eigenvalue weighted by Gasteiger charge is -2.01. The molecule has 0 saturated carbocycles. The largest absolute Gasteiger partial charge is 0.337 e. The monoisotopic (exact) mass is 329 g/mol. The molecular weight excluding hydrogens is 309 g/mol. The Bertz CT molecular complexity index is 863. The van der Waals surface area contributed by atoms with Gasteiger partial charge in [-0.1, -0.05) is 26.0 Å². The molecule has 0 aliphatic carbocycles. The summed E-state index contributed by atoms with van der Waals surface area (Å²) < 4.78 is 21.2. The molecule has 1 saturated heterocycles. The first-order chi connectivity index (χ1) is 11.6. The fourth-order valence-corrected chi connectivity index (χ4v) is 3.27. The van der Waals surface area contributed by atoms with Crippen LogP contribution in [0.3, 0.4) is 0 Å². The number of fused-ring (bicyclic) bond motifs is 1. The summed E-state index contributed by atoms with van der Waals surface area (Å²) in [5.41, 5.74) is 1.23. The molecular formula is C17H20FN5O. The van der Waals surface area contributed by atoms with Crippen molar-refractivity contribution < 1.29 is 8.91 Å². The topological polar surface area (TPSA) is 68.8 Å². The normalized spacial score (nSPS) is 18.1. The van der Waals surface area contributed by atoms with Gasteiger partial charge in [-0.15, -0.1) is 0 Å². The molecule has 4 rings (SSSR count). The van der Waals surface area contributed by atoms with Gasteiger partial charge in [0.2, 0.25) is 5.89 Å². The number of hydrogen-bond acceptors (Lipinski definition) is 5. The molecule has 3 heterocycles. The van der Waals surface area contributed by atoms with Crippen LogP contribution in [-0.4, -0.2) is 33.0 Å². The predicted octanol–water partition coefficient (Wildman–Crippen LogP) is 2.82. The summed E-state index contributed by atoms with van der Waals surface area (Å²) >= 11 is 0. The van der Waals surface area contributed by atoms with E-state index in [1.54, 1.807) is 6.07 Å². The molecule has 3 aromatic rings. The molecule has 6 nitrogen and oxygen atoms in total. The minimum Gasteiger partial charge on any atom is -0.337 e.